The Morgan fingerprint density at radius 1 is 1.17 bits per heavy atom. The SMILES string of the molecule is CCN(CC(=O)NCC(c1ccccc1)N(C)C)C1CCCCC1. The maximum atomic E-state index is 12.4. The molecule has 4 nitrogen and oxygen atoms in total. The van der Waals surface area contributed by atoms with Crippen LogP contribution in [-0.4, -0.2) is 55.5 Å². The third kappa shape index (κ3) is 5.60. The highest BCUT2D eigenvalue weighted by Crippen LogP contribution is 2.22. The largest absolute Gasteiger partial charge is 0.353 e. The maximum absolute atomic E-state index is 12.4. The van der Waals surface area contributed by atoms with Gasteiger partial charge in [0.05, 0.1) is 12.6 Å². The summed E-state index contributed by atoms with van der Waals surface area (Å²) in [6.07, 6.45) is 6.44. The van der Waals surface area contributed by atoms with Gasteiger partial charge in [-0.2, -0.15) is 0 Å². The van der Waals surface area contributed by atoms with Gasteiger partial charge in [-0.25, -0.2) is 0 Å². The van der Waals surface area contributed by atoms with Crippen LogP contribution in [0.4, 0.5) is 0 Å². The Kier molecular flexibility index (Phi) is 7.73. The average Bonchev–Trinajstić information content (AvgIpc) is 2.61. The summed E-state index contributed by atoms with van der Waals surface area (Å²) >= 11 is 0. The molecule has 0 heterocycles. The molecule has 134 valence electrons. The predicted molar refractivity (Wildman–Crippen MR) is 100.0 cm³/mol. The van der Waals surface area contributed by atoms with Gasteiger partial charge in [0.2, 0.25) is 5.91 Å². The second-order valence-electron chi connectivity index (χ2n) is 7.05. The van der Waals surface area contributed by atoms with Crippen molar-refractivity contribution in [3.05, 3.63) is 35.9 Å². The van der Waals surface area contributed by atoms with E-state index in [9.17, 15) is 4.79 Å². The number of rotatable bonds is 8. The Morgan fingerprint density at radius 3 is 2.42 bits per heavy atom. The van der Waals surface area contributed by atoms with Crippen LogP contribution in [0.3, 0.4) is 0 Å². The third-order valence-electron chi connectivity index (χ3n) is 5.14. The minimum Gasteiger partial charge on any atom is -0.353 e. The van der Waals surface area contributed by atoms with E-state index < -0.39 is 0 Å². The Morgan fingerprint density at radius 2 is 1.83 bits per heavy atom. The lowest BCUT2D eigenvalue weighted by molar-refractivity contribution is -0.123. The molecule has 24 heavy (non-hydrogen) atoms. The average molecular weight is 332 g/mol. The molecule has 1 atom stereocenters. The van der Waals surface area contributed by atoms with Gasteiger partial charge >= 0.3 is 0 Å². The van der Waals surface area contributed by atoms with Crippen LogP contribution in [0.15, 0.2) is 30.3 Å². The predicted octanol–water partition coefficient (Wildman–Crippen LogP) is 3.06. The van der Waals surface area contributed by atoms with Gasteiger partial charge in [0.1, 0.15) is 0 Å². The summed E-state index contributed by atoms with van der Waals surface area (Å²) in [7, 11) is 4.12. The van der Waals surface area contributed by atoms with Crippen LogP contribution in [0, 0.1) is 0 Å². The number of carbonyl (C=O) groups excluding carboxylic acids is 1. The monoisotopic (exact) mass is 331 g/mol. The molecule has 0 spiro atoms. The minimum absolute atomic E-state index is 0.144. The number of nitrogens with zero attached hydrogens (tertiary/aromatic N) is 2. The summed E-state index contributed by atoms with van der Waals surface area (Å²) in [5.41, 5.74) is 1.24. The smallest absolute Gasteiger partial charge is 0.234 e. The van der Waals surface area contributed by atoms with Crippen LogP contribution >= 0.6 is 0 Å². The number of hydrogen-bond acceptors (Lipinski definition) is 3. The first-order valence-electron chi connectivity index (χ1n) is 9.34. The first-order chi connectivity index (χ1) is 11.6. The lowest BCUT2D eigenvalue weighted by atomic mass is 9.94. The first kappa shape index (κ1) is 18.9. The molecule has 2 rings (SSSR count). The lowest BCUT2D eigenvalue weighted by Crippen LogP contribution is -2.45. The van der Waals surface area contributed by atoms with Gasteiger partial charge < -0.3 is 10.2 Å². The van der Waals surface area contributed by atoms with Crippen LogP contribution in [-0.2, 0) is 4.79 Å². The van der Waals surface area contributed by atoms with Gasteiger partial charge in [-0.1, -0.05) is 56.5 Å². The van der Waals surface area contributed by atoms with Gasteiger partial charge in [-0.05, 0) is 39.0 Å². The number of benzene rings is 1. The second kappa shape index (κ2) is 9.80. The van der Waals surface area contributed by atoms with Crippen molar-refractivity contribution >= 4 is 5.91 Å². The fourth-order valence-corrected chi connectivity index (χ4v) is 3.67. The van der Waals surface area contributed by atoms with E-state index in [-0.39, 0.29) is 11.9 Å². The molecule has 1 unspecified atom stereocenters. The molecular weight excluding hydrogens is 298 g/mol. The molecule has 1 aliphatic rings. The fraction of sp³-hybridized carbons (Fsp3) is 0.650. The van der Waals surface area contributed by atoms with Crippen LogP contribution in [0.5, 0.6) is 0 Å². The van der Waals surface area contributed by atoms with E-state index in [2.05, 4.69) is 60.4 Å². The molecule has 4 heteroatoms. The number of likely N-dealkylation sites (N-methyl/N-ethyl adjacent to an activating group) is 2. The Balaban J connectivity index is 1.86. The fourth-order valence-electron chi connectivity index (χ4n) is 3.67. The molecule has 1 N–H and O–H groups in total. The highest BCUT2D eigenvalue weighted by Gasteiger charge is 2.22. The van der Waals surface area contributed by atoms with Crippen molar-refractivity contribution in [2.24, 2.45) is 0 Å². The molecule has 0 aromatic heterocycles. The van der Waals surface area contributed by atoms with Crippen molar-refractivity contribution in [2.75, 3.05) is 33.7 Å². The van der Waals surface area contributed by atoms with Crippen molar-refractivity contribution in [2.45, 2.75) is 51.1 Å². The van der Waals surface area contributed by atoms with E-state index in [0.717, 1.165) is 6.54 Å². The van der Waals surface area contributed by atoms with Crippen LogP contribution in [0.2, 0.25) is 0 Å². The van der Waals surface area contributed by atoms with Gasteiger partial charge in [0.25, 0.3) is 0 Å². The molecule has 0 radical (unpaired) electrons. The summed E-state index contributed by atoms with van der Waals surface area (Å²) < 4.78 is 0. The summed E-state index contributed by atoms with van der Waals surface area (Å²) in [5.74, 6) is 0.144. The van der Waals surface area contributed by atoms with E-state index in [1.165, 1.54) is 37.7 Å². The standard InChI is InChI=1S/C20H33N3O/c1-4-23(18-13-9-6-10-14-18)16-20(24)21-15-19(22(2)3)17-11-7-5-8-12-17/h5,7-8,11-12,18-19H,4,6,9-10,13-16H2,1-3H3,(H,21,24). The van der Waals surface area contributed by atoms with Crippen molar-refractivity contribution < 1.29 is 4.79 Å². The van der Waals surface area contributed by atoms with E-state index in [1.807, 2.05) is 6.07 Å². The first-order valence-corrected chi connectivity index (χ1v) is 9.34. The van der Waals surface area contributed by atoms with Crippen LogP contribution < -0.4 is 5.32 Å². The maximum Gasteiger partial charge on any atom is 0.234 e. The highest BCUT2D eigenvalue weighted by atomic mass is 16.2. The summed E-state index contributed by atoms with van der Waals surface area (Å²) in [4.78, 5) is 17.0. The zero-order valence-corrected chi connectivity index (χ0v) is 15.5. The molecule has 1 aromatic rings. The molecule has 1 aromatic carbocycles. The minimum atomic E-state index is 0.144. The van der Waals surface area contributed by atoms with Gasteiger partial charge in [0.15, 0.2) is 0 Å². The molecule has 1 saturated carbocycles. The van der Waals surface area contributed by atoms with E-state index in [0.29, 0.717) is 19.1 Å². The van der Waals surface area contributed by atoms with E-state index in [1.54, 1.807) is 0 Å². The van der Waals surface area contributed by atoms with Gasteiger partial charge in [0, 0.05) is 12.6 Å². The topological polar surface area (TPSA) is 35.6 Å². The number of nitrogens with one attached hydrogen (secondary N) is 1. The highest BCUT2D eigenvalue weighted by molar-refractivity contribution is 5.78. The van der Waals surface area contributed by atoms with Crippen LogP contribution in [0.25, 0.3) is 0 Å². The summed E-state index contributed by atoms with van der Waals surface area (Å²) in [6, 6.07) is 11.2. The number of hydrogen-bond donors (Lipinski definition) is 1. The molecule has 0 saturated heterocycles. The van der Waals surface area contributed by atoms with E-state index in [4.69, 9.17) is 0 Å². The molecular formula is C20H33N3O. The molecule has 1 amide bonds. The van der Waals surface area contributed by atoms with Crippen molar-refractivity contribution in [1.82, 2.24) is 15.1 Å². The molecule has 1 fully saturated rings. The molecule has 1 aliphatic carbocycles. The quantitative estimate of drug-likeness (QED) is 0.795. The zero-order chi connectivity index (χ0) is 17.4. The Labute approximate surface area is 147 Å². The summed E-state index contributed by atoms with van der Waals surface area (Å²) in [5, 5.41) is 3.14. The number of carbonyl (C=O) groups is 1. The lowest BCUT2D eigenvalue weighted by Gasteiger charge is -2.33. The second-order valence-corrected chi connectivity index (χ2v) is 7.05. The van der Waals surface area contributed by atoms with Crippen molar-refractivity contribution in [1.29, 1.82) is 0 Å². The Bertz CT molecular complexity index is 483. The van der Waals surface area contributed by atoms with Gasteiger partial charge in [-0.15, -0.1) is 0 Å². The molecule has 0 aliphatic heterocycles. The Hall–Kier alpha value is -1.39. The van der Waals surface area contributed by atoms with E-state index >= 15 is 0 Å². The van der Waals surface area contributed by atoms with Crippen LogP contribution in [0.1, 0.15) is 50.6 Å². The van der Waals surface area contributed by atoms with Gasteiger partial charge in [-0.3, -0.25) is 9.69 Å². The third-order valence-corrected chi connectivity index (χ3v) is 5.14. The summed E-state index contributed by atoms with van der Waals surface area (Å²) in [6.45, 7) is 4.29. The van der Waals surface area contributed by atoms with Crippen molar-refractivity contribution in [3.63, 3.8) is 0 Å². The zero-order valence-electron chi connectivity index (χ0n) is 15.5. The molecule has 0 bridgehead atoms. The number of amides is 1. The normalized spacial score (nSPS) is 17.2. The van der Waals surface area contributed by atoms with Crippen molar-refractivity contribution in [3.8, 4) is 0 Å².